The van der Waals surface area contributed by atoms with Crippen molar-refractivity contribution in [3.63, 3.8) is 0 Å². The number of hydrogen-bond donors (Lipinski definition) is 2. The second-order valence-corrected chi connectivity index (χ2v) is 4.39. The number of guanidine groups is 1. The molecule has 80 valence electrons. The lowest BCUT2D eigenvalue weighted by Crippen LogP contribution is -2.30. The maximum Gasteiger partial charge on any atom is 0.206 e. The van der Waals surface area contributed by atoms with Gasteiger partial charge in [0, 0.05) is 6.04 Å². The molecule has 1 heterocycles. The Balaban J connectivity index is 2.26. The van der Waals surface area contributed by atoms with Crippen molar-refractivity contribution in [2.24, 2.45) is 4.99 Å². The van der Waals surface area contributed by atoms with Crippen LogP contribution in [0.1, 0.15) is 13.8 Å². The lowest BCUT2D eigenvalue weighted by atomic mass is 10.3. The van der Waals surface area contributed by atoms with Gasteiger partial charge in [-0.05, 0) is 44.0 Å². The van der Waals surface area contributed by atoms with Crippen molar-refractivity contribution in [3.8, 4) is 0 Å². The standard InChI is InChI=1S/C10H12FN3S/c1-6(2)12-10-13-8-5-7(11)3-4-9(8)15-14-10/h3-6H,1-2H3,(H2,12,13,14). The first kappa shape index (κ1) is 10.3. The van der Waals surface area contributed by atoms with Gasteiger partial charge in [0.2, 0.25) is 5.96 Å². The molecule has 1 aliphatic heterocycles. The van der Waals surface area contributed by atoms with Gasteiger partial charge in [-0.15, -0.1) is 0 Å². The van der Waals surface area contributed by atoms with E-state index in [2.05, 4.69) is 15.0 Å². The van der Waals surface area contributed by atoms with E-state index in [9.17, 15) is 4.39 Å². The number of fused-ring (bicyclic) bond motifs is 1. The van der Waals surface area contributed by atoms with Gasteiger partial charge < -0.3 is 5.32 Å². The minimum Gasteiger partial charge on any atom is -0.324 e. The molecule has 0 saturated carbocycles. The Morgan fingerprint density at radius 1 is 1.40 bits per heavy atom. The third-order valence-corrected chi connectivity index (χ3v) is 2.71. The molecule has 0 bridgehead atoms. The van der Waals surface area contributed by atoms with E-state index in [1.165, 1.54) is 24.1 Å². The van der Waals surface area contributed by atoms with E-state index in [4.69, 9.17) is 0 Å². The van der Waals surface area contributed by atoms with E-state index in [0.717, 1.165) is 10.6 Å². The zero-order valence-electron chi connectivity index (χ0n) is 8.54. The quantitative estimate of drug-likeness (QED) is 0.721. The van der Waals surface area contributed by atoms with Crippen LogP contribution in [0.15, 0.2) is 28.1 Å². The first-order chi connectivity index (χ1) is 7.15. The molecule has 1 aliphatic rings. The molecule has 0 atom stereocenters. The summed E-state index contributed by atoms with van der Waals surface area (Å²) in [5, 5.41) is 3.05. The molecule has 0 amide bonds. The molecule has 1 aromatic carbocycles. The van der Waals surface area contributed by atoms with Crippen LogP contribution in [0.25, 0.3) is 0 Å². The van der Waals surface area contributed by atoms with Crippen molar-refractivity contribution in [1.29, 1.82) is 0 Å². The van der Waals surface area contributed by atoms with Gasteiger partial charge in [0.1, 0.15) is 5.82 Å². The van der Waals surface area contributed by atoms with Gasteiger partial charge in [0.05, 0.1) is 10.6 Å². The van der Waals surface area contributed by atoms with Crippen molar-refractivity contribution in [2.75, 3.05) is 5.32 Å². The van der Waals surface area contributed by atoms with E-state index in [1.54, 1.807) is 6.07 Å². The molecule has 3 nitrogen and oxygen atoms in total. The van der Waals surface area contributed by atoms with Crippen molar-refractivity contribution < 1.29 is 4.39 Å². The zero-order valence-corrected chi connectivity index (χ0v) is 9.36. The van der Waals surface area contributed by atoms with Gasteiger partial charge in [-0.3, -0.25) is 4.72 Å². The summed E-state index contributed by atoms with van der Waals surface area (Å²) in [5.74, 6) is 0.431. The Bertz CT molecular complexity index is 404. The summed E-state index contributed by atoms with van der Waals surface area (Å²) in [6.45, 7) is 3.98. The number of halogens is 1. The normalized spacial score (nSPS) is 17.2. The summed E-state index contributed by atoms with van der Waals surface area (Å²) in [6.07, 6.45) is 0. The summed E-state index contributed by atoms with van der Waals surface area (Å²) in [4.78, 5) is 5.29. The van der Waals surface area contributed by atoms with Gasteiger partial charge in [-0.2, -0.15) is 0 Å². The SMILES string of the molecule is CC(C)N=C1NSc2ccc(F)cc2N1. The maximum atomic E-state index is 13.0. The highest BCUT2D eigenvalue weighted by Crippen LogP contribution is 2.29. The molecule has 0 radical (unpaired) electrons. The van der Waals surface area contributed by atoms with Crippen LogP contribution in [0.3, 0.4) is 0 Å². The fourth-order valence-corrected chi connectivity index (χ4v) is 1.93. The van der Waals surface area contributed by atoms with E-state index >= 15 is 0 Å². The van der Waals surface area contributed by atoms with Crippen LogP contribution in [0.2, 0.25) is 0 Å². The fourth-order valence-electron chi connectivity index (χ4n) is 1.26. The highest BCUT2D eigenvalue weighted by atomic mass is 32.2. The molecule has 0 spiro atoms. The number of benzene rings is 1. The van der Waals surface area contributed by atoms with Crippen molar-refractivity contribution >= 4 is 23.6 Å². The Morgan fingerprint density at radius 2 is 2.20 bits per heavy atom. The molecule has 0 saturated heterocycles. The topological polar surface area (TPSA) is 36.4 Å². The van der Waals surface area contributed by atoms with Gasteiger partial charge >= 0.3 is 0 Å². The zero-order chi connectivity index (χ0) is 10.8. The molecule has 0 fully saturated rings. The average molecular weight is 225 g/mol. The van der Waals surface area contributed by atoms with Crippen LogP contribution in [0.5, 0.6) is 0 Å². The monoisotopic (exact) mass is 225 g/mol. The molecule has 0 unspecified atom stereocenters. The predicted octanol–water partition coefficient (Wildman–Crippen LogP) is 2.61. The minimum absolute atomic E-state index is 0.204. The van der Waals surface area contributed by atoms with Crippen molar-refractivity contribution in [1.82, 2.24) is 4.72 Å². The van der Waals surface area contributed by atoms with E-state index in [1.807, 2.05) is 13.8 Å². The first-order valence-electron chi connectivity index (χ1n) is 4.72. The van der Waals surface area contributed by atoms with Gasteiger partial charge in [-0.1, -0.05) is 0 Å². The number of nitrogens with one attached hydrogen (secondary N) is 2. The number of anilines is 1. The molecule has 0 aliphatic carbocycles. The van der Waals surface area contributed by atoms with Crippen LogP contribution < -0.4 is 10.0 Å². The predicted molar refractivity (Wildman–Crippen MR) is 61.6 cm³/mol. The summed E-state index contributed by atoms with van der Waals surface area (Å²) in [5.41, 5.74) is 0.762. The van der Waals surface area contributed by atoms with E-state index in [-0.39, 0.29) is 11.9 Å². The largest absolute Gasteiger partial charge is 0.324 e. The summed E-state index contributed by atoms with van der Waals surface area (Å²) in [6, 6.07) is 4.86. The second kappa shape index (κ2) is 4.10. The maximum absolute atomic E-state index is 13.0. The van der Waals surface area contributed by atoms with Crippen LogP contribution >= 0.6 is 11.9 Å². The van der Waals surface area contributed by atoms with E-state index < -0.39 is 0 Å². The smallest absolute Gasteiger partial charge is 0.206 e. The fraction of sp³-hybridized carbons (Fsp3) is 0.300. The highest BCUT2D eigenvalue weighted by molar-refractivity contribution is 7.98. The summed E-state index contributed by atoms with van der Waals surface area (Å²) >= 11 is 1.44. The van der Waals surface area contributed by atoms with Gasteiger partial charge in [-0.25, -0.2) is 9.38 Å². The number of hydrogen-bond acceptors (Lipinski definition) is 2. The molecule has 2 N–H and O–H groups in total. The second-order valence-electron chi connectivity index (χ2n) is 3.54. The molecular weight excluding hydrogens is 213 g/mol. The number of rotatable bonds is 1. The Morgan fingerprint density at radius 3 is 2.93 bits per heavy atom. The third-order valence-electron chi connectivity index (χ3n) is 1.84. The Labute approximate surface area is 92.3 Å². The van der Waals surface area contributed by atoms with Crippen molar-refractivity contribution in [3.05, 3.63) is 24.0 Å². The van der Waals surface area contributed by atoms with Crippen LogP contribution in [0.4, 0.5) is 10.1 Å². The average Bonchev–Trinajstić information content (AvgIpc) is 2.16. The lowest BCUT2D eigenvalue weighted by molar-refractivity contribution is 0.627. The van der Waals surface area contributed by atoms with Crippen LogP contribution in [0, 0.1) is 5.82 Å². The highest BCUT2D eigenvalue weighted by Gasteiger charge is 2.14. The Kier molecular flexibility index (Phi) is 2.81. The van der Waals surface area contributed by atoms with E-state index in [0.29, 0.717) is 5.96 Å². The molecule has 0 aromatic heterocycles. The van der Waals surface area contributed by atoms with Crippen LogP contribution in [-0.4, -0.2) is 12.0 Å². The molecule has 5 heteroatoms. The number of aliphatic imine (C=N–C) groups is 1. The molecular formula is C10H12FN3S. The summed E-state index contributed by atoms with van der Waals surface area (Å²) in [7, 11) is 0. The first-order valence-corrected chi connectivity index (χ1v) is 5.54. The van der Waals surface area contributed by atoms with Crippen molar-refractivity contribution in [2.45, 2.75) is 24.8 Å². The minimum atomic E-state index is -0.243. The lowest BCUT2D eigenvalue weighted by Gasteiger charge is -2.20. The summed E-state index contributed by atoms with van der Waals surface area (Å²) < 4.78 is 16.0. The Hall–Kier alpha value is -1.23. The molecule has 1 aromatic rings. The third kappa shape index (κ3) is 2.41. The number of nitrogens with zero attached hydrogens (tertiary/aromatic N) is 1. The molecule has 2 rings (SSSR count). The van der Waals surface area contributed by atoms with Gasteiger partial charge in [0.25, 0.3) is 0 Å². The van der Waals surface area contributed by atoms with Crippen LogP contribution in [-0.2, 0) is 0 Å². The molecule has 15 heavy (non-hydrogen) atoms. The van der Waals surface area contributed by atoms with Gasteiger partial charge in [0.15, 0.2) is 0 Å².